The molecule has 0 aliphatic carbocycles. The predicted octanol–water partition coefficient (Wildman–Crippen LogP) is 2.63. The van der Waals surface area contributed by atoms with Gasteiger partial charge in [0, 0.05) is 24.7 Å². The molecule has 1 N–H and O–H groups in total. The average Bonchev–Trinajstić information content (AvgIpc) is 3.14. The first kappa shape index (κ1) is 21.2. The van der Waals surface area contributed by atoms with Gasteiger partial charge in [0.1, 0.15) is 11.5 Å². The molecule has 1 saturated heterocycles. The molecular weight excluding hydrogens is 388 g/mol. The van der Waals surface area contributed by atoms with Gasteiger partial charge in [0.2, 0.25) is 5.91 Å². The first-order chi connectivity index (χ1) is 14.5. The van der Waals surface area contributed by atoms with E-state index in [0.29, 0.717) is 29.5 Å². The topological polar surface area (TPSA) is 94.2 Å². The van der Waals surface area contributed by atoms with Gasteiger partial charge in [-0.2, -0.15) is 0 Å². The molecule has 2 aromatic carbocycles. The Balaban J connectivity index is 1.55. The highest BCUT2D eigenvalue weighted by Crippen LogP contribution is 2.33. The number of nitrogens with one attached hydrogen (secondary N) is 1. The van der Waals surface area contributed by atoms with Crippen LogP contribution in [0, 0.1) is 5.92 Å². The zero-order chi connectivity index (χ0) is 21.5. The van der Waals surface area contributed by atoms with Crippen LogP contribution in [0.15, 0.2) is 48.5 Å². The van der Waals surface area contributed by atoms with Gasteiger partial charge in [-0.05, 0) is 31.2 Å². The number of carbonyl (C=O) groups is 3. The molecule has 8 heteroatoms. The molecule has 2 amide bonds. The number of benzene rings is 2. The van der Waals surface area contributed by atoms with Gasteiger partial charge in [-0.15, -0.1) is 0 Å². The van der Waals surface area contributed by atoms with Crippen LogP contribution in [0.2, 0.25) is 0 Å². The van der Waals surface area contributed by atoms with Gasteiger partial charge in [-0.3, -0.25) is 14.4 Å². The second kappa shape index (κ2) is 9.78. The van der Waals surface area contributed by atoms with Crippen LogP contribution in [0.1, 0.15) is 13.3 Å². The van der Waals surface area contributed by atoms with Crippen LogP contribution in [0.5, 0.6) is 11.5 Å². The number of esters is 1. The molecule has 1 atom stereocenters. The molecule has 0 radical (unpaired) electrons. The third kappa shape index (κ3) is 5.08. The second-order valence-electron chi connectivity index (χ2n) is 6.69. The van der Waals surface area contributed by atoms with E-state index in [9.17, 15) is 14.4 Å². The largest absolute Gasteiger partial charge is 0.497 e. The smallest absolute Gasteiger partial charge is 0.311 e. The summed E-state index contributed by atoms with van der Waals surface area (Å²) in [6.45, 7) is 2.07. The van der Waals surface area contributed by atoms with E-state index in [0.717, 1.165) is 0 Å². The van der Waals surface area contributed by atoms with Crippen LogP contribution in [0.4, 0.5) is 11.4 Å². The van der Waals surface area contributed by atoms with E-state index in [1.165, 1.54) is 12.0 Å². The van der Waals surface area contributed by atoms with E-state index >= 15 is 0 Å². The molecule has 0 spiro atoms. The van der Waals surface area contributed by atoms with Gasteiger partial charge in [0.15, 0.2) is 6.61 Å². The molecule has 1 heterocycles. The van der Waals surface area contributed by atoms with Crippen molar-refractivity contribution in [3.05, 3.63) is 48.5 Å². The predicted molar refractivity (Wildman–Crippen MR) is 111 cm³/mol. The Morgan fingerprint density at radius 2 is 1.97 bits per heavy atom. The minimum atomic E-state index is -0.642. The quantitative estimate of drug-likeness (QED) is 0.670. The molecule has 158 valence electrons. The summed E-state index contributed by atoms with van der Waals surface area (Å²) in [5, 5.41) is 2.64. The maximum Gasteiger partial charge on any atom is 0.311 e. The molecule has 3 rings (SSSR count). The molecule has 1 aliphatic heterocycles. The average molecular weight is 412 g/mol. The lowest BCUT2D eigenvalue weighted by Gasteiger charge is -2.19. The van der Waals surface area contributed by atoms with Crippen molar-refractivity contribution in [2.75, 3.05) is 37.1 Å². The summed E-state index contributed by atoms with van der Waals surface area (Å²) in [5.41, 5.74) is 1.15. The standard InChI is InChI=1S/C22H24N2O6/c1-3-29-19-10-5-4-9-18(19)24-13-15(11-21(24)26)22(27)30-14-20(25)23-16-7-6-8-17(12-16)28-2/h4-10,12,15H,3,11,13-14H2,1-2H3,(H,23,25)/t15-/m1/s1. The lowest BCUT2D eigenvalue weighted by atomic mass is 10.1. The third-order valence-electron chi connectivity index (χ3n) is 4.61. The van der Waals surface area contributed by atoms with Gasteiger partial charge in [-0.25, -0.2) is 0 Å². The Hall–Kier alpha value is -3.55. The van der Waals surface area contributed by atoms with Crippen LogP contribution in [-0.4, -0.2) is 44.7 Å². The fourth-order valence-corrected chi connectivity index (χ4v) is 3.21. The summed E-state index contributed by atoms with van der Waals surface area (Å²) in [7, 11) is 1.53. The van der Waals surface area contributed by atoms with Gasteiger partial charge < -0.3 is 24.4 Å². The molecular formula is C22H24N2O6. The molecule has 0 aromatic heterocycles. The monoisotopic (exact) mass is 412 g/mol. The van der Waals surface area contributed by atoms with Crippen LogP contribution < -0.4 is 19.7 Å². The maximum absolute atomic E-state index is 12.5. The Kier molecular flexibility index (Phi) is 6.90. The van der Waals surface area contributed by atoms with Crippen molar-refractivity contribution in [1.82, 2.24) is 0 Å². The number of ether oxygens (including phenoxy) is 3. The Labute approximate surface area is 174 Å². The number of para-hydroxylation sites is 2. The van der Waals surface area contributed by atoms with E-state index in [-0.39, 0.29) is 18.9 Å². The van der Waals surface area contributed by atoms with Crippen LogP contribution in [0.25, 0.3) is 0 Å². The van der Waals surface area contributed by atoms with E-state index in [1.54, 1.807) is 42.5 Å². The van der Waals surface area contributed by atoms with E-state index in [4.69, 9.17) is 14.2 Å². The van der Waals surface area contributed by atoms with Crippen LogP contribution in [-0.2, 0) is 19.1 Å². The minimum Gasteiger partial charge on any atom is -0.497 e. The molecule has 0 bridgehead atoms. The minimum absolute atomic E-state index is 0.0246. The normalized spacial score (nSPS) is 15.6. The first-order valence-electron chi connectivity index (χ1n) is 9.64. The number of rotatable bonds is 8. The molecule has 1 aliphatic rings. The van der Waals surface area contributed by atoms with Crippen molar-refractivity contribution >= 4 is 29.2 Å². The van der Waals surface area contributed by atoms with Crippen molar-refractivity contribution in [2.45, 2.75) is 13.3 Å². The Morgan fingerprint density at radius 1 is 1.17 bits per heavy atom. The number of carbonyl (C=O) groups excluding carboxylic acids is 3. The van der Waals surface area contributed by atoms with Crippen LogP contribution >= 0.6 is 0 Å². The molecule has 2 aromatic rings. The highest BCUT2D eigenvalue weighted by molar-refractivity contribution is 6.01. The fraction of sp³-hybridized carbons (Fsp3) is 0.318. The summed E-state index contributed by atoms with van der Waals surface area (Å²) in [4.78, 5) is 38.5. The van der Waals surface area contributed by atoms with Crippen LogP contribution in [0.3, 0.4) is 0 Å². The lowest BCUT2D eigenvalue weighted by Crippen LogP contribution is -2.28. The maximum atomic E-state index is 12.5. The Morgan fingerprint density at radius 3 is 2.73 bits per heavy atom. The number of hydrogen-bond acceptors (Lipinski definition) is 6. The summed E-state index contributed by atoms with van der Waals surface area (Å²) < 4.78 is 15.8. The fourth-order valence-electron chi connectivity index (χ4n) is 3.21. The van der Waals surface area contributed by atoms with Gasteiger partial charge >= 0.3 is 5.97 Å². The van der Waals surface area contributed by atoms with Gasteiger partial charge in [0.05, 0.1) is 25.3 Å². The van der Waals surface area contributed by atoms with Gasteiger partial charge in [-0.1, -0.05) is 18.2 Å². The first-order valence-corrected chi connectivity index (χ1v) is 9.64. The molecule has 0 saturated carbocycles. The van der Waals surface area contributed by atoms with E-state index in [1.807, 2.05) is 13.0 Å². The molecule has 0 unspecified atom stereocenters. The number of hydrogen-bond donors (Lipinski definition) is 1. The number of anilines is 2. The second-order valence-corrected chi connectivity index (χ2v) is 6.69. The van der Waals surface area contributed by atoms with E-state index < -0.39 is 24.4 Å². The third-order valence-corrected chi connectivity index (χ3v) is 4.61. The summed E-state index contributed by atoms with van der Waals surface area (Å²) in [5.74, 6) is -0.705. The summed E-state index contributed by atoms with van der Waals surface area (Å²) in [6, 6.07) is 14.0. The van der Waals surface area contributed by atoms with Crippen molar-refractivity contribution in [2.24, 2.45) is 5.92 Å². The summed E-state index contributed by atoms with van der Waals surface area (Å²) >= 11 is 0. The van der Waals surface area contributed by atoms with Gasteiger partial charge in [0.25, 0.3) is 5.91 Å². The zero-order valence-corrected chi connectivity index (χ0v) is 16.9. The van der Waals surface area contributed by atoms with Crippen molar-refractivity contribution in [1.29, 1.82) is 0 Å². The lowest BCUT2D eigenvalue weighted by molar-refractivity contribution is -0.151. The SMILES string of the molecule is CCOc1ccccc1N1C[C@H](C(=O)OCC(=O)Nc2cccc(OC)c2)CC1=O. The highest BCUT2D eigenvalue weighted by Gasteiger charge is 2.37. The summed E-state index contributed by atoms with van der Waals surface area (Å²) in [6.07, 6.45) is 0.0246. The molecule has 1 fully saturated rings. The number of amides is 2. The highest BCUT2D eigenvalue weighted by atomic mass is 16.5. The Bertz CT molecular complexity index is 929. The van der Waals surface area contributed by atoms with Crippen molar-refractivity contribution in [3.8, 4) is 11.5 Å². The van der Waals surface area contributed by atoms with E-state index in [2.05, 4.69) is 5.32 Å². The number of methoxy groups -OCH3 is 1. The zero-order valence-electron chi connectivity index (χ0n) is 16.9. The van der Waals surface area contributed by atoms with Crippen molar-refractivity contribution < 1.29 is 28.6 Å². The molecule has 8 nitrogen and oxygen atoms in total. The molecule has 30 heavy (non-hydrogen) atoms. The van der Waals surface area contributed by atoms with Crippen molar-refractivity contribution in [3.63, 3.8) is 0 Å². The number of nitrogens with zero attached hydrogens (tertiary/aromatic N) is 1.